The van der Waals surface area contributed by atoms with Crippen LogP contribution in [0.5, 0.6) is 0 Å². The summed E-state index contributed by atoms with van der Waals surface area (Å²) >= 11 is 0. The maximum absolute atomic E-state index is 12.8. The molecule has 1 aliphatic rings. The van der Waals surface area contributed by atoms with Crippen LogP contribution in [0.3, 0.4) is 0 Å². The van der Waals surface area contributed by atoms with E-state index in [9.17, 15) is 24.0 Å². The summed E-state index contributed by atoms with van der Waals surface area (Å²) in [7, 11) is 0. The molecule has 3 rings (SSSR count). The third-order valence-electron chi connectivity index (χ3n) is 6.16. The van der Waals surface area contributed by atoms with Crippen LogP contribution < -0.4 is 16.0 Å². The van der Waals surface area contributed by atoms with E-state index in [-0.39, 0.29) is 19.0 Å². The molecule has 4 amide bonds. The number of hydrogen-bond donors (Lipinski definition) is 3. The van der Waals surface area contributed by atoms with Gasteiger partial charge in [0, 0.05) is 24.7 Å². The third-order valence-corrected chi connectivity index (χ3v) is 6.16. The van der Waals surface area contributed by atoms with Crippen LogP contribution in [0.2, 0.25) is 0 Å². The predicted octanol–water partition coefficient (Wildman–Crippen LogP) is 1.34. The van der Waals surface area contributed by atoms with E-state index in [1.54, 1.807) is 24.3 Å². The fraction of sp³-hybridized carbons (Fsp3) is 0.462. The molecule has 0 aliphatic carbocycles. The summed E-state index contributed by atoms with van der Waals surface area (Å²) in [5.41, 5.74) is 1.06. The van der Waals surface area contributed by atoms with Gasteiger partial charge >= 0.3 is 0 Å². The molecule has 1 aromatic heterocycles. The highest BCUT2D eigenvalue weighted by molar-refractivity contribution is 6.38. The highest BCUT2D eigenvalue weighted by Crippen LogP contribution is 2.19. The van der Waals surface area contributed by atoms with Crippen molar-refractivity contribution >= 4 is 40.3 Å². The van der Waals surface area contributed by atoms with Crippen LogP contribution >= 0.6 is 0 Å². The van der Waals surface area contributed by atoms with Crippen LogP contribution in [0.4, 0.5) is 0 Å². The lowest BCUT2D eigenvalue weighted by atomic mass is 10.1. The number of para-hydroxylation sites is 1. The SMILES string of the molecule is CCCCCCNC(=O)CNC(=O)C(=O)[C@@H]1CCCN1C(=O)CNC(=O)c1ccnc2ccccc12. The van der Waals surface area contributed by atoms with Crippen LogP contribution in [0.15, 0.2) is 36.5 Å². The molecule has 0 bridgehead atoms. The Morgan fingerprint density at radius 3 is 2.58 bits per heavy atom. The Balaban J connectivity index is 1.48. The molecule has 0 unspecified atom stereocenters. The number of Topliss-reactive ketones (excluding diaryl/α,β-unsaturated/α-hetero) is 1. The number of pyridine rings is 1. The zero-order valence-corrected chi connectivity index (χ0v) is 20.5. The predicted molar refractivity (Wildman–Crippen MR) is 134 cm³/mol. The average Bonchev–Trinajstić information content (AvgIpc) is 3.39. The number of carbonyl (C=O) groups is 5. The van der Waals surface area contributed by atoms with Crippen molar-refractivity contribution < 1.29 is 24.0 Å². The Bertz CT molecular complexity index is 1110. The van der Waals surface area contributed by atoms with Gasteiger partial charge in [0.1, 0.15) is 6.04 Å². The van der Waals surface area contributed by atoms with E-state index in [1.165, 1.54) is 11.1 Å². The first-order valence-electron chi connectivity index (χ1n) is 12.4. The number of rotatable bonds is 12. The minimum atomic E-state index is -0.909. The van der Waals surface area contributed by atoms with E-state index in [0.717, 1.165) is 25.7 Å². The Hall–Kier alpha value is -3.82. The van der Waals surface area contributed by atoms with Crippen LogP contribution in [-0.4, -0.2) is 71.5 Å². The molecule has 1 aromatic carbocycles. The quantitative estimate of drug-likeness (QED) is 0.300. The Morgan fingerprint density at radius 1 is 0.972 bits per heavy atom. The van der Waals surface area contributed by atoms with E-state index in [1.807, 2.05) is 6.07 Å². The second-order valence-corrected chi connectivity index (χ2v) is 8.76. The minimum absolute atomic E-state index is 0.297. The zero-order chi connectivity index (χ0) is 25.9. The molecule has 1 saturated heterocycles. The number of carbonyl (C=O) groups excluding carboxylic acids is 5. The van der Waals surface area contributed by atoms with Crippen molar-refractivity contribution in [2.45, 2.75) is 51.5 Å². The zero-order valence-electron chi connectivity index (χ0n) is 20.5. The maximum Gasteiger partial charge on any atom is 0.290 e. The van der Waals surface area contributed by atoms with Crippen LogP contribution in [-0.2, 0) is 19.2 Å². The summed E-state index contributed by atoms with van der Waals surface area (Å²) in [4.78, 5) is 68.0. The smallest absolute Gasteiger partial charge is 0.290 e. The van der Waals surface area contributed by atoms with Gasteiger partial charge in [0.05, 0.1) is 24.2 Å². The molecule has 0 saturated carbocycles. The van der Waals surface area contributed by atoms with Crippen LogP contribution in [0.1, 0.15) is 55.8 Å². The molecule has 0 spiro atoms. The van der Waals surface area contributed by atoms with E-state index in [2.05, 4.69) is 27.9 Å². The van der Waals surface area contributed by atoms with Gasteiger partial charge in [-0.15, -0.1) is 0 Å². The Morgan fingerprint density at radius 2 is 1.78 bits per heavy atom. The maximum atomic E-state index is 12.8. The molecular formula is C26H33N5O5. The number of hydrogen-bond acceptors (Lipinski definition) is 6. The average molecular weight is 496 g/mol. The first-order valence-corrected chi connectivity index (χ1v) is 12.4. The fourth-order valence-corrected chi connectivity index (χ4v) is 4.23. The van der Waals surface area contributed by atoms with Crippen molar-refractivity contribution in [1.82, 2.24) is 25.8 Å². The summed E-state index contributed by atoms with van der Waals surface area (Å²) in [6.07, 6.45) is 6.52. The number of ketones is 1. The second kappa shape index (κ2) is 13.3. The third kappa shape index (κ3) is 7.10. The standard InChI is InChI=1S/C26H33N5O5/c1-2-3-4-7-13-28-22(32)16-29-26(36)24(34)21-11-8-15-31(21)23(33)17-30-25(35)19-12-14-27-20-10-6-5-9-18(19)20/h5-6,9-10,12,14,21H,2-4,7-8,11,13,15-17H2,1H3,(H,28,32)(H,29,36)(H,30,35)/t21-/m0/s1. The van der Waals surface area contributed by atoms with Crippen molar-refractivity contribution in [2.24, 2.45) is 0 Å². The number of benzene rings is 1. The fourth-order valence-electron chi connectivity index (χ4n) is 4.23. The topological polar surface area (TPSA) is 138 Å². The highest BCUT2D eigenvalue weighted by Gasteiger charge is 2.37. The molecule has 36 heavy (non-hydrogen) atoms. The lowest BCUT2D eigenvalue weighted by Gasteiger charge is -2.23. The molecule has 3 N–H and O–H groups in total. The summed E-state index contributed by atoms with van der Waals surface area (Å²) in [5, 5.41) is 8.33. The van der Waals surface area contributed by atoms with E-state index in [4.69, 9.17) is 0 Å². The van der Waals surface area contributed by atoms with Gasteiger partial charge in [-0.1, -0.05) is 44.4 Å². The summed E-state index contributed by atoms with van der Waals surface area (Å²) in [5.74, 6) is -2.90. The van der Waals surface area contributed by atoms with Crippen molar-refractivity contribution in [2.75, 3.05) is 26.2 Å². The van der Waals surface area contributed by atoms with Crippen LogP contribution in [0, 0.1) is 0 Å². The second-order valence-electron chi connectivity index (χ2n) is 8.76. The van der Waals surface area contributed by atoms with Gasteiger partial charge in [-0.25, -0.2) is 0 Å². The van der Waals surface area contributed by atoms with Gasteiger partial charge in [0.15, 0.2) is 0 Å². The van der Waals surface area contributed by atoms with Crippen molar-refractivity contribution in [1.29, 1.82) is 0 Å². The van der Waals surface area contributed by atoms with Gasteiger partial charge in [-0.05, 0) is 31.4 Å². The number of amides is 4. The number of unbranched alkanes of at least 4 members (excludes halogenated alkanes) is 3. The molecule has 192 valence electrons. The lowest BCUT2D eigenvalue weighted by molar-refractivity contribution is -0.144. The van der Waals surface area contributed by atoms with Crippen molar-refractivity contribution in [3.05, 3.63) is 42.1 Å². The van der Waals surface area contributed by atoms with Gasteiger partial charge in [-0.2, -0.15) is 0 Å². The molecule has 0 radical (unpaired) electrons. The van der Waals surface area contributed by atoms with E-state index in [0.29, 0.717) is 42.4 Å². The summed E-state index contributed by atoms with van der Waals surface area (Å²) in [6.45, 7) is 2.34. The van der Waals surface area contributed by atoms with Gasteiger partial charge < -0.3 is 20.9 Å². The van der Waals surface area contributed by atoms with Crippen LogP contribution in [0.25, 0.3) is 10.9 Å². The van der Waals surface area contributed by atoms with Gasteiger partial charge in [0.2, 0.25) is 17.6 Å². The van der Waals surface area contributed by atoms with E-state index < -0.39 is 29.5 Å². The number of aromatic nitrogens is 1. The Labute approximate surface area is 210 Å². The molecule has 2 heterocycles. The van der Waals surface area contributed by atoms with Gasteiger partial charge in [0.25, 0.3) is 11.8 Å². The Kier molecular flexibility index (Phi) is 9.91. The number of likely N-dealkylation sites (tertiary alicyclic amines) is 1. The minimum Gasteiger partial charge on any atom is -0.355 e. The molecule has 2 aromatic rings. The first-order chi connectivity index (χ1) is 17.4. The molecule has 1 atom stereocenters. The summed E-state index contributed by atoms with van der Waals surface area (Å²) < 4.78 is 0. The lowest BCUT2D eigenvalue weighted by Crippen LogP contribution is -2.50. The molecule has 10 heteroatoms. The molecule has 1 fully saturated rings. The van der Waals surface area contributed by atoms with Crippen molar-refractivity contribution in [3.63, 3.8) is 0 Å². The molecule has 1 aliphatic heterocycles. The van der Waals surface area contributed by atoms with Gasteiger partial charge in [-0.3, -0.25) is 29.0 Å². The highest BCUT2D eigenvalue weighted by atomic mass is 16.2. The summed E-state index contributed by atoms with van der Waals surface area (Å²) in [6, 6.07) is 7.86. The number of fused-ring (bicyclic) bond motifs is 1. The first kappa shape index (κ1) is 26.8. The number of nitrogens with zero attached hydrogens (tertiary/aromatic N) is 2. The van der Waals surface area contributed by atoms with E-state index >= 15 is 0 Å². The monoisotopic (exact) mass is 495 g/mol. The molecule has 10 nitrogen and oxygen atoms in total. The largest absolute Gasteiger partial charge is 0.355 e. The van der Waals surface area contributed by atoms with Crippen molar-refractivity contribution in [3.8, 4) is 0 Å². The molecular weight excluding hydrogens is 462 g/mol. The normalized spacial score (nSPS) is 14.9. The number of nitrogens with one attached hydrogen (secondary N) is 3.